The van der Waals surface area contributed by atoms with E-state index >= 15 is 0 Å². The monoisotopic (exact) mass is 276 g/mol. The number of hydrogen-bond acceptors (Lipinski definition) is 5. The third-order valence-electron chi connectivity index (χ3n) is 2.76. The van der Waals surface area contributed by atoms with Gasteiger partial charge in [0.15, 0.2) is 17.3 Å². The van der Waals surface area contributed by atoms with Crippen molar-refractivity contribution in [1.29, 1.82) is 0 Å². The Kier molecular flexibility index (Phi) is 5.01. The van der Waals surface area contributed by atoms with Crippen LogP contribution in [0.15, 0.2) is 28.8 Å². The molecule has 0 aliphatic heterocycles. The predicted molar refractivity (Wildman–Crippen MR) is 75.9 cm³/mol. The van der Waals surface area contributed by atoms with E-state index in [0.717, 1.165) is 22.8 Å². The minimum Gasteiger partial charge on any atom is -0.490 e. The van der Waals surface area contributed by atoms with Gasteiger partial charge in [0.1, 0.15) is 6.61 Å². The second-order valence-electron chi connectivity index (χ2n) is 4.43. The maximum absolute atomic E-state index is 5.87. The van der Waals surface area contributed by atoms with Crippen molar-refractivity contribution < 1.29 is 14.0 Å². The first-order valence-corrected chi connectivity index (χ1v) is 6.69. The van der Waals surface area contributed by atoms with Crippen LogP contribution < -0.4 is 14.8 Å². The van der Waals surface area contributed by atoms with E-state index in [0.29, 0.717) is 25.5 Å². The number of aryl methyl sites for hydroxylation is 1. The molecule has 5 nitrogen and oxygen atoms in total. The Labute approximate surface area is 118 Å². The van der Waals surface area contributed by atoms with E-state index in [-0.39, 0.29) is 0 Å². The zero-order chi connectivity index (χ0) is 14.4. The molecule has 0 spiro atoms. The summed E-state index contributed by atoms with van der Waals surface area (Å²) >= 11 is 0. The molecule has 2 aromatic rings. The lowest BCUT2D eigenvalue weighted by Crippen LogP contribution is -2.09. The highest BCUT2D eigenvalue weighted by atomic mass is 16.5. The number of rotatable bonds is 7. The van der Waals surface area contributed by atoms with Crippen LogP contribution >= 0.6 is 0 Å². The van der Waals surface area contributed by atoms with Crippen molar-refractivity contribution in [2.24, 2.45) is 0 Å². The van der Waals surface area contributed by atoms with E-state index in [4.69, 9.17) is 14.0 Å². The van der Waals surface area contributed by atoms with Crippen LogP contribution in [0.1, 0.15) is 23.9 Å². The third kappa shape index (κ3) is 3.51. The number of ether oxygens (including phenoxy) is 2. The Morgan fingerprint density at radius 2 is 2.15 bits per heavy atom. The highest BCUT2D eigenvalue weighted by Gasteiger charge is 2.12. The fourth-order valence-corrected chi connectivity index (χ4v) is 1.95. The van der Waals surface area contributed by atoms with Crippen LogP contribution in [0.25, 0.3) is 0 Å². The van der Waals surface area contributed by atoms with Gasteiger partial charge in [-0.2, -0.15) is 0 Å². The van der Waals surface area contributed by atoms with Crippen LogP contribution in [0.5, 0.6) is 11.5 Å². The molecule has 0 atom stereocenters. The van der Waals surface area contributed by atoms with Crippen molar-refractivity contribution in [3.63, 3.8) is 0 Å². The minimum absolute atomic E-state index is 0.335. The molecule has 0 saturated heterocycles. The van der Waals surface area contributed by atoms with Crippen LogP contribution in [-0.4, -0.2) is 18.8 Å². The lowest BCUT2D eigenvalue weighted by molar-refractivity contribution is 0.230. The van der Waals surface area contributed by atoms with Gasteiger partial charge in [-0.3, -0.25) is 0 Å². The number of hydrogen-bond donors (Lipinski definition) is 1. The number of benzene rings is 1. The van der Waals surface area contributed by atoms with Crippen molar-refractivity contribution in [3.05, 3.63) is 41.3 Å². The van der Waals surface area contributed by atoms with Gasteiger partial charge in [-0.05, 0) is 27.0 Å². The summed E-state index contributed by atoms with van der Waals surface area (Å²) in [4.78, 5) is 0. The molecular weight excluding hydrogens is 256 g/mol. The molecule has 1 N–H and O–H groups in total. The average Bonchev–Trinajstić information content (AvgIpc) is 2.84. The summed E-state index contributed by atoms with van der Waals surface area (Å²) in [6, 6.07) is 7.74. The van der Waals surface area contributed by atoms with Gasteiger partial charge in [0.25, 0.3) is 0 Å². The largest absolute Gasteiger partial charge is 0.490 e. The smallest absolute Gasteiger partial charge is 0.174 e. The lowest BCUT2D eigenvalue weighted by atomic mass is 10.2. The van der Waals surface area contributed by atoms with E-state index in [1.165, 1.54) is 0 Å². The fraction of sp³-hybridized carbons (Fsp3) is 0.400. The molecule has 0 saturated carbocycles. The predicted octanol–water partition coefficient (Wildman–Crippen LogP) is 2.68. The SMILES string of the molecule is CCOc1cccc(CNC)c1OCc1cc(C)no1. The standard InChI is InChI=1S/C15H20N2O3/c1-4-18-14-7-5-6-12(9-16-3)15(14)19-10-13-8-11(2)17-20-13/h5-8,16H,4,9-10H2,1-3H3. The highest BCUT2D eigenvalue weighted by molar-refractivity contribution is 5.46. The van der Waals surface area contributed by atoms with E-state index in [1.54, 1.807) is 0 Å². The van der Waals surface area contributed by atoms with Crippen LogP contribution in [0.3, 0.4) is 0 Å². The molecule has 108 valence electrons. The zero-order valence-corrected chi connectivity index (χ0v) is 12.1. The molecule has 5 heteroatoms. The van der Waals surface area contributed by atoms with E-state index in [2.05, 4.69) is 10.5 Å². The van der Waals surface area contributed by atoms with Crippen molar-refractivity contribution in [2.75, 3.05) is 13.7 Å². The van der Waals surface area contributed by atoms with Crippen LogP contribution in [0, 0.1) is 6.92 Å². The zero-order valence-electron chi connectivity index (χ0n) is 12.1. The molecule has 0 aliphatic rings. The van der Waals surface area contributed by atoms with Gasteiger partial charge in [0.05, 0.1) is 12.3 Å². The number of aromatic nitrogens is 1. The summed E-state index contributed by atoms with van der Waals surface area (Å²) < 4.78 is 16.6. The molecule has 1 heterocycles. The topological polar surface area (TPSA) is 56.5 Å². The normalized spacial score (nSPS) is 10.6. The molecule has 0 bridgehead atoms. The Balaban J connectivity index is 2.18. The Morgan fingerprint density at radius 1 is 1.30 bits per heavy atom. The Hall–Kier alpha value is -2.01. The first-order valence-electron chi connectivity index (χ1n) is 6.69. The summed E-state index contributed by atoms with van der Waals surface area (Å²) in [6.45, 7) is 5.48. The third-order valence-corrected chi connectivity index (χ3v) is 2.76. The first kappa shape index (κ1) is 14.4. The van der Waals surface area contributed by atoms with Crippen LogP contribution in [0.2, 0.25) is 0 Å². The van der Waals surface area contributed by atoms with Gasteiger partial charge in [-0.1, -0.05) is 17.3 Å². The summed E-state index contributed by atoms with van der Waals surface area (Å²) in [7, 11) is 1.90. The minimum atomic E-state index is 0.335. The Bertz CT molecular complexity index is 528. The quantitative estimate of drug-likeness (QED) is 0.842. The summed E-state index contributed by atoms with van der Waals surface area (Å²) in [5.74, 6) is 2.19. The molecular formula is C15H20N2O3. The summed E-state index contributed by atoms with van der Waals surface area (Å²) in [6.07, 6.45) is 0. The van der Waals surface area contributed by atoms with Crippen LogP contribution in [-0.2, 0) is 13.2 Å². The van der Waals surface area contributed by atoms with Crippen molar-refractivity contribution in [1.82, 2.24) is 10.5 Å². The van der Waals surface area contributed by atoms with Crippen molar-refractivity contribution >= 4 is 0 Å². The number of nitrogens with zero attached hydrogens (tertiary/aromatic N) is 1. The molecule has 2 rings (SSSR count). The van der Waals surface area contributed by atoms with E-state index in [9.17, 15) is 0 Å². The molecule has 0 fully saturated rings. The average molecular weight is 276 g/mol. The van der Waals surface area contributed by atoms with Gasteiger partial charge < -0.3 is 19.3 Å². The second kappa shape index (κ2) is 6.96. The van der Waals surface area contributed by atoms with Gasteiger partial charge in [-0.15, -0.1) is 0 Å². The van der Waals surface area contributed by atoms with Crippen molar-refractivity contribution in [2.45, 2.75) is 27.0 Å². The summed E-state index contributed by atoms with van der Waals surface area (Å²) in [5.41, 5.74) is 1.90. The fourth-order valence-electron chi connectivity index (χ4n) is 1.95. The Morgan fingerprint density at radius 3 is 2.80 bits per heavy atom. The number of para-hydroxylation sites is 1. The maximum atomic E-state index is 5.87. The highest BCUT2D eigenvalue weighted by Crippen LogP contribution is 2.32. The van der Waals surface area contributed by atoms with Gasteiger partial charge in [-0.25, -0.2) is 0 Å². The molecule has 0 unspecified atom stereocenters. The molecule has 0 radical (unpaired) electrons. The lowest BCUT2D eigenvalue weighted by Gasteiger charge is -2.15. The molecule has 1 aromatic carbocycles. The summed E-state index contributed by atoms with van der Waals surface area (Å²) in [5, 5.41) is 6.97. The molecule has 0 aliphatic carbocycles. The van der Waals surface area contributed by atoms with E-state index in [1.807, 2.05) is 45.2 Å². The van der Waals surface area contributed by atoms with Gasteiger partial charge in [0.2, 0.25) is 0 Å². The van der Waals surface area contributed by atoms with Crippen molar-refractivity contribution in [3.8, 4) is 11.5 Å². The maximum Gasteiger partial charge on any atom is 0.174 e. The molecule has 20 heavy (non-hydrogen) atoms. The van der Waals surface area contributed by atoms with Crippen LogP contribution in [0.4, 0.5) is 0 Å². The molecule has 0 amide bonds. The second-order valence-corrected chi connectivity index (χ2v) is 4.43. The van der Waals surface area contributed by atoms with Gasteiger partial charge >= 0.3 is 0 Å². The molecule has 1 aromatic heterocycles. The first-order chi connectivity index (χ1) is 9.74. The number of nitrogens with one attached hydrogen (secondary N) is 1. The van der Waals surface area contributed by atoms with Gasteiger partial charge in [0, 0.05) is 18.2 Å². The van der Waals surface area contributed by atoms with E-state index < -0.39 is 0 Å².